The molecular weight excluding hydrogens is 326 g/mol. The van der Waals surface area contributed by atoms with E-state index < -0.39 is 33.3 Å². The smallest absolute Gasteiger partial charge is 0.326 e. The van der Waals surface area contributed by atoms with Crippen LogP contribution in [-0.2, 0) is 14.8 Å². The van der Waals surface area contributed by atoms with Crippen LogP contribution in [0.25, 0.3) is 10.9 Å². The van der Waals surface area contributed by atoms with Crippen LogP contribution < -0.4 is 16.0 Å². The Labute approximate surface area is 130 Å². The fourth-order valence-corrected chi connectivity index (χ4v) is 3.34. The molecule has 0 bridgehead atoms. The second kappa shape index (κ2) is 6.34. The maximum atomic E-state index is 12.3. The maximum Gasteiger partial charge on any atom is 0.326 e. The molecule has 2 rings (SSSR count). The lowest BCUT2D eigenvalue weighted by Crippen LogP contribution is -2.40. The molecule has 0 aliphatic carbocycles. The van der Waals surface area contributed by atoms with Crippen LogP contribution >= 0.6 is 0 Å². The van der Waals surface area contributed by atoms with Crippen LogP contribution in [0.1, 0.15) is 19.8 Å². The summed E-state index contributed by atoms with van der Waals surface area (Å²) in [5.74, 6) is -1.28. The number of carboxylic acids is 1. The molecule has 9 nitrogen and oxygen atoms in total. The molecule has 2 aromatic rings. The molecule has 0 saturated carbocycles. The van der Waals surface area contributed by atoms with Gasteiger partial charge in [0.2, 0.25) is 10.0 Å². The van der Waals surface area contributed by atoms with Crippen molar-refractivity contribution in [3.63, 3.8) is 0 Å². The summed E-state index contributed by atoms with van der Waals surface area (Å²) >= 11 is 0. The lowest BCUT2D eigenvalue weighted by atomic mass is 10.2. The van der Waals surface area contributed by atoms with Crippen LogP contribution in [0.3, 0.4) is 0 Å². The highest BCUT2D eigenvalue weighted by Crippen LogP contribution is 2.15. The van der Waals surface area contributed by atoms with Crippen molar-refractivity contribution in [2.75, 3.05) is 0 Å². The molecule has 10 heteroatoms. The van der Waals surface area contributed by atoms with E-state index in [1.807, 2.05) is 4.98 Å². The fourth-order valence-electron chi connectivity index (χ4n) is 2.09. The van der Waals surface area contributed by atoms with Crippen molar-refractivity contribution in [2.24, 2.45) is 0 Å². The number of rotatable bonds is 6. The van der Waals surface area contributed by atoms with Gasteiger partial charge in [0.1, 0.15) is 6.04 Å². The number of nitrogens with one attached hydrogen (secondary N) is 3. The number of hydrogen-bond acceptors (Lipinski definition) is 5. The van der Waals surface area contributed by atoms with E-state index in [1.165, 1.54) is 12.1 Å². The zero-order valence-corrected chi connectivity index (χ0v) is 12.9. The molecule has 0 radical (unpaired) electrons. The van der Waals surface area contributed by atoms with Crippen molar-refractivity contribution in [2.45, 2.75) is 30.7 Å². The molecule has 124 valence electrons. The number of sulfonamides is 1. The van der Waals surface area contributed by atoms with E-state index in [2.05, 4.69) is 9.71 Å². The molecular formula is C13H15N3O6S. The molecule has 1 heterocycles. The van der Waals surface area contributed by atoms with E-state index in [4.69, 9.17) is 5.11 Å². The molecule has 0 aliphatic rings. The normalized spacial score (nSPS) is 13.1. The molecule has 0 saturated heterocycles. The Kier molecular flexibility index (Phi) is 4.66. The summed E-state index contributed by atoms with van der Waals surface area (Å²) in [6.45, 7) is 1.73. The van der Waals surface area contributed by atoms with Gasteiger partial charge in [0.15, 0.2) is 0 Å². The first-order valence-electron chi connectivity index (χ1n) is 6.76. The summed E-state index contributed by atoms with van der Waals surface area (Å²) in [6.07, 6.45) is 0.619. The van der Waals surface area contributed by atoms with Gasteiger partial charge < -0.3 is 10.1 Å². The van der Waals surface area contributed by atoms with Gasteiger partial charge >= 0.3 is 11.7 Å². The Bertz CT molecular complexity index is 960. The summed E-state index contributed by atoms with van der Waals surface area (Å²) < 4.78 is 26.7. The second-order valence-corrected chi connectivity index (χ2v) is 6.63. The number of aromatic amines is 2. The van der Waals surface area contributed by atoms with Crippen LogP contribution in [0.2, 0.25) is 0 Å². The van der Waals surface area contributed by atoms with Crippen molar-refractivity contribution in [1.29, 1.82) is 0 Å². The number of fused-ring (bicyclic) bond motifs is 1. The minimum Gasteiger partial charge on any atom is -0.480 e. The molecule has 1 aromatic carbocycles. The molecule has 0 spiro atoms. The van der Waals surface area contributed by atoms with E-state index in [0.29, 0.717) is 6.42 Å². The number of aromatic nitrogens is 2. The van der Waals surface area contributed by atoms with Gasteiger partial charge in [-0.3, -0.25) is 14.6 Å². The maximum absolute atomic E-state index is 12.3. The van der Waals surface area contributed by atoms with Gasteiger partial charge in [0, 0.05) is 0 Å². The zero-order valence-electron chi connectivity index (χ0n) is 12.1. The Morgan fingerprint density at radius 1 is 1.30 bits per heavy atom. The molecule has 4 N–H and O–H groups in total. The summed E-state index contributed by atoms with van der Waals surface area (Å²) in [5, 5.41) is 9.02. The van der Waals surface area contributed by atoms with Crippen LogP contribution in [0.5, 0.6) is 0 Å². The zero-order chi connectivity index (χ0) is 17.2. The number of hydrogen-bond donors (Lipinski definition) is 4. The van der Waals surface area contributed by atoms with Gasteiger partial charge in [0.25, 0.3) is 5.56 Å². The Morgan fingerprint density at radius 2 is 2.00 bits per heavy atom. The third-order valence-electron chi connectivity index (χ3n) is 3.19. The Hall–Kier alpha value is -2.46. The molecule has 1 aromatic heterocycles. The first kappa shape index (κ1) is 16.9. The first-order chi connectivity index (χ1) is 10.7. The summed E-state index contributed by atoms with van der Waals surface area (Å²) in [6, 6.07) is 2.28. The Balaban J connectivity index is 2.48. The lowest BCUT2D eigenvalue weighted by Gasteiger charge is -2.14. The third kappa shape index (κ3) is 3.66. The molecule has 1 atom stereocenters. The molecule has 23 heavy (non-hydrogen) atoms. The predicted molar refractivity (Wildman–Crippen MR) is 81.8 cm³/mol. The average Bonchev–Trinajstić information content (AvgIpc) is 2.46. The van der Waals surface area contributed by atoms with Crippen molar-refractivity contribution in [3.05, 3.63) is 39.0 Å². The van der Waals surface area contributed by atoms with Crippen molar-refractivity contribution in [1.82, 2.24) is 14.7 Å². The summed E-state index contributed by atoms with van der Waals surface area (Å²) in [5.41, 5.74) is -1.25. The average molecular weight is 341 g/mol. The van der Waals surface area contributed by atoms with E-state index in [0.717, 1.165) is 6.07 Å². The van der Waals surface area contributed by atoms with Gasteiger partial charge in [-0.1, -0.05) is 13.3 Å². The minimum atomic E-state index is -4.12. The van der Waals surface area contributed by atoms with E-state index >= 15 is 0 Å². The topological polar surface area (TPSA) is 149 Å². The highest BCUT2D eigenvalue weighted by molar-refractivity contribution is 7.89. The van der Waals surface area contributed by atoms with Crippen molar-refractivity contribution < 1.29 is 18.3 Å². The van der Waals surface area contributed by atoms with Crippen molar-refractivity contribution >= 4 is 26.9 Å². The van der Waals surface area contributed by atoms with Crippen LogP contribution in [0, 0.1) is 0 Å². The predicted octanol–water partition coefficient (Wildman–Crippen LogP) is -0.252. The number of carbonyl (C=O) groups is 1. The first-order valence-corrected chi connectivity index (χ1v) is 8.24. The second-order valence-electron chi connectivity index (χ2n) is 4.92. The van der Waals surface area contributed by atoms with Crippen molar-refractivity contribution in [3.8, 4) is 0 Å². The largest absolute Gasteiger partial charge is 0.480 e. The van der Waals surface area contributed by atoms with Crippen LogP contribution in [0.15, 0.2) is 32.7 Å². The highest BCUT2D eigenvalue weighted by atomic mass is 32.2. The SMILES string of the molecule is CCCC(NS(=O)(=O)c1ccc2[nH]c(=O)[nH]c(=O)c2c1)C(=O)O. The highest BCUT2D eigenvalue weighted by Gasteiger charge is 2.25. The number of H-pyrrole nitrogens is 2. The van der Waals surface area contributed by atoms with Gasteiger partial charge in [-0.15, -0.1) is 0 Å². The number of benzene rings is 1. The van der Waals surface area contributed by atoms with E-state index in [9.17, 15) is 22.8 Å². The third-order valence-corrected chi connectivity index (χ3v) is 4.66. The quantitative estimate of drug-likeness (QED) is 0.569. The Morgan fingerprint density at radius 3 is 2.61 bits per heavy atom. The van der Waals surface area contributed by atoms with Crippen LogP contribution in [-0.4, -0.2) is 35.5 Å². The monoisotopic (exact) mass is 341 g/mol. The van der Waals surface area contributed by atoms with E-state index in [1.54, 1.807) is 6.92 Å². The number of aliphatic carboxylic acids is 1. The summed E-state index contributed by atoms with van der Waals surface area (Å²) in [7, 11) is -4.12. The molecule has 1 unspecified atom stereocenters. The van der Waals surface area contributed by atoms with Gasteiger partial charge in [-0.2, -0.15) is 4.72 Å². The van der Waals surface area contributed by atoms with Gasteiger partial charge in [-0.05, 0) is 24.6 Å². The molecule has 0 amide bonds. The van der Waals surface area contributed by atoms with Gasteiger partial charge in [0.05, 0.1) is 15.8 Å². The van der Waals surface area contributed by atoms with Gasteiger partial charge in [-0.25, -0.2) is 13.2 Å². The minimum absolute atomic E-state index is 0.0187. The standard InChI is InChI=1S/C13H15N3O6S/c1-2-3-10(12(18)19)16-23(21,22)7-4-5-9-8(6-7)11(17)15-13(20)14-9/h4-6,10,16H,2-3H2,1H3,(H,18,19)(H2,14,15,17,20). The molecule has 0 fully saturated rings. The lowest BCUT2D eigenvalue weighted by molar-refractivity contribution is -0.139. The van der Waals surface area contributed by atoms with Crippen LogP contribution in [0.4, 0.5) is 0 Å². The number of carboxylic acid groups (broad SMARTS) is 1. The summed E-state index contributed by atoms with van der Waals surface area (Å²) in [4.78, 5) is 38.1. The van der Waals surface area contributed by atoms with E-state index in [-0.39, 0.29) is 22.2 Å². The fraction of sp³-hybridized carbons (Fsp3) is 0.308. The molecule has 0 aliphatic heterocycles.